The molecule has 7 heteroatoms. The number of aromatic hydroxyl groups is 1. The summed E-state index contributed by atoms with van der Waals surface area (Å²) in [7, 11) is 0. The minimum Gasteiger partial charge on any atom is -0.506 e. The zero-order valence-electron chi connectivity index (χ0n) is 12.0. The molecular formula is C14H17N3O4. The van der Waals surface area contributed by atoms with Crippen molar-refractivity contribution in [2.24, 2.45) is 0 Å². The van der Waals surface area contributed by atoms with E-state index in [1.54, 1.807) is 26.8 Å². The van der Waals surface area contributed by atoms with E-state index >= 15 is 0 Å². The Morgan fingerprint density at radius 2 is 2.14 bits per heavy atom. The maximum Gasteiger partial charge on any atom is 0.412 e. The van der Waals surface area contributed by atoms with Crippen LogP contribution in [0.2, 0.25) is 0 Å². The molecule has 4 N–H and O–H groups in total. The number of nitrogens with two attached hydrogens (primary N) is 1. The number of nitrogens with one attached hydrogen (secondary N) is 1. The summed E-state index contributed by atoms with van der Waals surface area (Å²) < 4.78 is 10.3. The van der Waals surface area contributed by atoms with Gasteiger partial charge in [0.25, 0.3) is 6.01 Å². The van der Waals surface area contributed by atoms with Gasteiger partial charge in [-0.05, 0) is 39.0 Å². The zero-order valence-corrected chi connectivity index (χ0v) is 12.0. The molecule has 112 valence electrons. The molecule has 0 fully saturated rings. The Bertz CT molecular complexity index is 658. The van der Waals surface area contributed by atoms with Gasteiger partial charge in [-0.3, -0.25) is 5.32 Å². The summed E-state index contributed by atoms with van der Waals surface area (Å²) in [5.74, 6) is 0.306. The second-order valence-corrected chi connectivity index (χ2v) is 5.42. The molecule has 1 aromatic heterocycles. The number of amides is 1. The second-order valence-electron chi connectivity index (χ2n) is 5.42. The van der Waals surface area contributed by atoms with Gasteiger partial charge in [0.15, 0.2) is 5.76 Å². The van der Waals surface area contributed by atoms with Crippen LogP contribution in [0.5, 0.6) is 5.75 Å². The first-order valence-electron chi connectivity index (χ1n) is 6.29. The Morgan fingerprint density at radius 1 is 1.43 bits per heavy atom. The van der Waals surface area contributed by atoms with E-state index in [0.29, 0.717) is 11.3 Å². The van der Waals surface area contributed by atoms with E-state index < -0.39 is 11.7 Å². The average Bonchev–Trinajstić information content (AvgIpc) is 2.76. The molecule has 0 saturated carbocycles. The lowest BCUT2D eigenvalue weighted by Gasteiger charge is -2.20. The molecule has 1 aromatic carbocycles. The third-order valence-corrected chi connectivity index (χ3v) is 2.44. The van der Waals surface area contributed by atoms with E-state index in [1.807, 2.05) is 0 Å². The number of nitrogens with zero attached hydrogens (tertiary/aromatic N) is 1. The SMILES string of the molecule is CC(C)(C)OC(=O)Nc1ccc(-c2cnc(N)o2)cc1O. The van der Waals surface area contributed by atoms with Gasteiger partial charge in [-0.15, -0.1) is 0 Å². The van der Waals surface area contributed by atoms with Gasteiger partial charge in [0, 0.05) is 5.56 Å². The van der Waals surface area contributed by atoms with Crippen LogP contribution in [0.25, 0.3) is 11.3 Å². The van der Waals surface area contributed by atoms with Crippen LogP contribution in [0.1, 0.15) is 20.8 Å². The summed E-state index contributed by atoms with van der Waals surface area (Å²) in [6, 6.07) is 4.67. The summed E-state index contributed by atoms with van der Waals surface area (Å²) in [6.45, 7) is 5.26. The molecule has 0 unspecified atom stereocenters. The van der Waals surface area contributed by atoms with Crippen LogP contribution in [0, 0.1) is 0 Å². The normalized spacial score (nSPS) is 11.2. The monoisotopic (exact) mass is 291 g/mol. The Balaban J connectivity index is 2.15. The van der Waals surface area contributed by atoms with E-state index in [9.17, 15) is 9.90 Å². The third-order valence-electron chi connectivity index (χ3n) is 2.44. The minimum atomic E-state index is -0.644. The van der Waals surface area contributed by atoms with Crippen molar-refractivity contribution >= 4 is 17.8 Å². The maximum atomic E-state index is 11.6. The number of anilines is 2. The molecule has 21 heavy (non-hydrogen) atoms. The van der Waals surface area contributed by atoms with E-state index in [-0.39, 0.29) is 17.5 Å². The molecule has 0 aliphatic carbocycles. The highest BCUT2D eigenvalue weighted by atomic mass is 16.6. The van der Waals surface area contributed by atoms with Crippen LogP contribution in [-0.2, 0) is 4.74 Å². The first kappa shape index (κ1) is 14.7. The first-order chi connectivity index (χ1) is 9.74. The summed E-state index contributed by atoms with van der Waals surface area (Å²) in [5.41, 5.74) is 5.61. The van der Waals surface area contributed by atoms with Gasteiger partial charge < -0.3 is 20.0 Å². The van der Waals surface area contributed by atoms with Crippen LogP contribution in [0.3, 0.4) is 0 Å². The molecular weight excluding hydrogens is 274 g/mol. The molecule has 2 rings (SSSR count). The van der Waals surface area contributed by atoms with Crippen LogP contribution < -0.4 is 11.1 Å². The van der Waals surface area contributed by atoms with Gasteiger partial charge in [-0.1, -0.05) is 0 Å². The lowest BCUT2D eigenvalue weighted by Crippen LogP contribution is -2.27. The number of hydrogen-bond acceptors (Lipinski definition) is 6. The molecule has 2 aromatic rings. The lowest BCUT2D eigenvalue weighted by atomic mass is 10.1. The molecule has 0 spiro atoms. The molecule has 0 bridgehead atoms. The predicted molar refractivity (Wildman–Crippen MR) is 77.9 cm³/mol. The smallest absolute Gasteiger partial charge is 0.412 e. The molecule has 0 saturated heterocycles. The lowest BCUT2D eigenvalue weighted by molar-refractivity contribution is 0.0635. The Morgan fingerprint density at radius 3 is 2.67 bits per heavy atom. The first-order valence-corrected chi connectivity index (χ1v) is 6.29. The molecule has 1 heterocycles. The van der Waals surface area contributed by atoms with Gasteiger partial charge in [0.05, 0.1) is 11.9 Å². The molecule has 0 aliphatic heterocycles. The van der Waals surface area contributed by atoms with Crippen LogP contribution in [-0.4, -0.2) is 21.8 Å². The predicted octanol–water partition coefficient (Wildman–Crippen LogP) is 2.98. The number of nitrogen functional groups attached to an aromatic ring is 1. The van der Waals surface area contributed by atoms with Gasteiger partial charge in [-0.2, -0.15) is 0 Å². The number of hydrogen-bond donors (Lipinski definition) is 3. The van der Waals surface area contributed by atoms with Crippen LogP contribution in [0.15, 0.2) is 28.8 Å². The Kier molecular flexibility index (Phi) is 3.75. The van der Waals surface area contributed by atoms with E-state index in [4.69, 9.17) is 14.9 Å². The van der Waals surface area contributed by atoms with E-state index in [2.05, 4.69) is 10.3 Å². The fourth-order valence-corrected chi connectivity index (χ4v) is 1.63. The Labute approximate surface area is 121 Å². The summed E-state index contributed by atoms with van der Waals surface area (Å²) >= 11 is 0. The number of aromatic nitrogens is 1. The maximum absolute atomic E-state index is 11.6. The highest BCUT2D eigenvalue weighted by molar-refractivity contribution is 5.87. The van der Waals surface area contributed by atoms with E-state index in [0.717, 1.165) is 0 Å². The standard InChI is InChI=1S/C14H17N3O4/c1-14(2,3)21-13(19)17-9-5-4-8(6-10(9)18)11-7-16-12(15)20-11/h4-7,18H,1-3H3,(H2,15,16)(H,17,19). The topological polar surface area (TPSA) is 111 Å². The fraction of sp³-hybridized carbons (Fsp3) is 0.286. The number of carbonyl (C=O) groups excluding carboxylic acids is 1. The van der Waals surface area contributed by atoms with Crippen molar-refractivity contribution in [3.63, 3.8) is 0 Å². The van der Waals surface area contributed by atoms with Crippen molar-refractivity contribution in [3.05, 3.63) is 24.4 Å². The van der Waals surface area contributed by atoms with Crippen molar-refractivity contribution in [2.45, 2.75) is 26.4 Å². The van der Waals surface area contributed by atoms with Crippen molar-refractivity contribution in [2.75, 3.05) is 11.1 Å². The van der Waals surface area contributed by atoms with Crippen LogP contribution >= 0.6 is 0 Å². The average molecular weight is 291 g/mol. The van der Waals surface area contributed by atoms with Crippen molar-refractivity contribution in [1.29, 1.82) is 0 Å². The van der Waals surface area contributed by atoms with Crippen LogP contribution in [0.4, 0.5) is 16.5 Å². The number of phenols is 1. The summed E-state index contributed by atoms with van der Waals surface area (Å²) in [4.78, 5) is 15.4. The molecule has 0 radical (unpaired) electrons. The fourth-order valence-electron chi connectivity index (χ4n) is 1.63. The quantitative estimate of drug-likeness (QED) is 0.733. The number of ether oxygens (including phenoxy) is 1. The van der Waals surface area contributed by atoms with Gasteiger partial charge >= 0.3 is 6.09 Å². The van der Waals surface area contributed by atoms with Gasteiger partial charge in [0.1, 0.15) is 11.4 Å². The minimum absolute atomic E-state index is 0.0421. The van der Waals surface area contributed by atoms with Crippen molar-refractivity contribution < 1.29 is 19.1 Å². The number of rotatable bonds is 2. The van der Waals surface area contributed by atoms with E-state index in [1.165, 1.54) is 18.3 Å². The number of benzene rings is 1. The summed E-state index contributed by atoms with van der Waals surface area (Å²) in [6.07, 6.45) is 0.805. The van der Waals surface area contributed by atoms with Gasteiger partial charge in [-0.25, -0.2) is 9.78 Å². The number of carbonyl (C=O) groups is 1. The molecule has 0 atom stereocenters. The second kappa shape index (κ2) is 5.35. The molecule has 0 aliphatic rings. The zero-order chi connectivity index (χ0) is 15.6. The third kappa shape index (κ3) is 3.88. The van der Waals surface area contributed by atoms with Crippen molar-refractivity contribution in [3.8, 4) is 17.1 Å². The largest absolute Gasteiger partial charge is 0.506 e. The number of phenolic OH excluding ortho intramolecular Hbond substituents is 1. The van der Waals surface area contributed by atoms with Crippen molar-refractivity contribution in [1.82, 2.24) is 4.98 Å². The molecule has 1 amide bonds. The van der Waals surface area contributed by atoms with Gasteiger partial charge in [0.2, 0.25) is 0 Å². The highest BCUT2D eigenvalue weighted by Crippen LogP contribution is 2.30. The highest BCUT2D eigenvalue weighted by Gasteiger charge is 2.17. The molecule has 7 nitrogen and oxygen atoms in total. The summed E-state index contributed by atoms with van der Waals surface area (Å²) in [5, 5.41) is 12.4. The number of oxazole rings is 1. The Hall–Kier alpha value is -2.70.